The molecule has 3 heterocycles. The molecule has 0 saturated carbocycles. The zero-order chi connectivity index (χ0) is 13.2. The molecule has 3 aromatic heterocycles. The van der Waals surface area contributed by atoms with Gasteiger partial charge in [-0.05, 0) is 39.5 Å². The Morgan fingerprint density at radius 1 is 1.42 bits per heavy atom. The molecule has 0 amide bonds. The molecule has 19 heavy (non-hydrogen) atoms. The van der Waals surface area contributed by atoms with Crippen molar-refractivity contribution in [3.8, 4) is 5.75 Å². The first-order valence-electron chi connectivity index (χ1n) is 5.44. The van der Waals surface area contributed by atoms with Crippen molar-refractivity contribution in [1.29, 1.82) is 0 Å². The highest BCUT2D eigenvalue weighted by Crippen LogP contribution is 2.22. The van der Waals surface area contributed by atoms with Crippen LogP contribution < -0.4 is 10.3 Å². The van der Waals surface area contributed by atoms with Gasteiger partial charge in [-0.2, -0.15) is 0 Å². The second-order valence-electron chi connectivity index (χ2n) is 3.73. The Hall–Kier alpha value is -1.73. The average Bonchev–Trinajstić information content (AvgIpc) is 2.87. The van der Waals surface area contributed by atoms with Crippen LogP contribution in [0.1, 0.15) is 5.82 Å². The van der Waals surface area contributed by atoms with Gasteiger partial charge in [0.15, 0.2) is 5.75 Å². The highest BCUT2D eigenvalue weighted by Gasteiger charge is 2.06. The fraction of sp³-hybridized carbons (Fsp3) is 0.0833. The summed E-state index contributed by atoms with van der Waals surface area (Å²) in [6, 6.07) is 5.38. The Balaban J connectivity index is 1.86. The van der Waals surface area contributed by atoms with Crippen LogP contribution in [-0.2, 0) is 6.61 Å². The average molecular weight is 338 g/mol. The van der Waals surface area contributed by atoms with Crippen molar-refractivity contribution >= 4 is 37.5 Å². The Kier molecular flexibility index (Phi) is 3.31. The van der Waals surface area contributed by atoms with Crippen LogP contribution >= 0.6 is 27.3 Å². The number of aromatic amines is 1. The third kappa shape index (κ3) is 2.52. The van der Waals surface area contributed by atoms with E-state index in [0.717, 1.165) is 0 Å². The van der Waals surface area contributed by atoms with Gasteiger partial charge in [-0.15, -0.1) is 11.3 Å². The summed E-state index contributed by atoms with van der Waals surface area (Å²) in [6.45, 7) is 0.186. The molecular formula is C12H8BrN3O2S. The van der Waals surface area contributed by atoms with Gasteiger partial charge in [-0.3, -0.25) is 4.79 Å². The van der Waals surface area contributed by atoms with E-state index in [1.165, 1.54) is 11.3 Å². The van der Waals surface area contributed by atoms with E-state index in [-0.39, 0.29) is 12.2 Å². The van der Waals surface area contributed by atoms with Gasteiger partial charge < -0.3 is 9.72 Å². The van der Waals surface area contributed by atoms with E-state index in [2.05, 4.69) is 30.9 Å². The Labute approximate surface area is 120 Å². The molecule has 3 rings (SSSR count). The maximum Gasteiger partial charge on any atom is 0.268 e. The summed E-state index contributed by atoms with van der Waals surface area (Å²) in [6.07, 6.45) is 1.66. The first-order valence-corrected chi connectivity index (χ1v) is 7.11. The lowest BCUT2D eigenvalue weighted by atomic mass is 10.4. The largest absolute Gasteiger partial charge is 0.483 e. The number of fused-ring (bicyclic) bond motifs is 1. The maximum atomic E-state index is 11.8. The van der Waals surface area contributed by atoms with Crippen molar-refractivity contribution in [2.24, 2.45) is 0 Å². The van der Waals surface area contributed by atoms with Crippen LogP contribution in [0, 0.1) is 0 Å². The molecule has 96 valence electrons. The molecule has 0 aromatic carbocycles. The number of nitrogens with one attached hydrogen (secondary N) is 1. The molecule has 0 unspecified atom stereocenters. The smallest absolute Gasteiger partial charge is 0.268 e. The number of hydrogen-bond donors (Lipinski definition) is 1. The minimum absolute atomic E-state index is 0.135. The Bertz CT molecular complexity index is 784. The predicted molar refractivity (Wildman–Crippen MR) is 76.5 cm³/mol. The van der Waals surface area contributed by atoms with Crippen molar-refractivity contribution in [2.45, 2.75) is 6.61 Å². The van der Waals surface area contributed by atoms with Crippen LogP contribution in [0.25, 0.3) is 10.2 Å². The van der Waals surface area contributed by atoms with Crippen LogP contribution in [0.4, 0.5) is 0 Å². The summed E-state index contributed by atoms with van der Waals surface area (Å²) in [5.74, 6) is 1.10. The summed E-state index contributed by atoms with van der Waals surface area (Å²) in [5.41, 5.74) is 0.557. The number of ether oxygens (including phenoxy) is 1. The lowest BCUT2D eigenvalue weighted by Gasteiger charge is -2.06. The van der Waals surface area contributed by atoms with E-state index in [0.29, 0.717) is 26.4 Å². The number of aromatic nitrogens is 3. The summed E-state index contributed by atoms with van der Waals surface area (Å²) in [7, 11) is 0. The zero-order valence-corrected chi connectivity index (χ0v) is 12.0. The third-order valence-electron chi connectivity index (χ3n) is 2.45. The molecule has 0 atom stereocenters. The lowest BCUT2D eigenvalue weighted by Crippen LogP contribution is -2.12. The molecule has 0 fully saturated rings. The van der Waals surface area contributed by atoms with Crippen molar-refractivity contribution in [3.05, 3.63) is 50.6 Å². The van der Waals surface area contributed by atoms with E-state index < -0.39 is 0 Å². The number of rotatable bonds is 3. The van der Waals surface area contributed by atoms with Crippen molar-refractivity contribution in [1.82, 2.24) is 15.0 Å². The van der Waals surface area contributed by atoms with Crippen LogP contribution in [0.15, 0.2) is 39.2 Å². The molecule has 5 nitrogen and oxygen atoms in total. The van der Waals surface area contributed by atoms with Crippen LogP contribution in [0.3, 0.4) is 0 Å². The molecule has 3 aromatic rings. The third-order valence-corrected chi connectivity index (χ3v) is 3.95. The normalized spacial score (nSPS) is 10.8. The van der Waals surface area contributed by atoms with Gasteiger partial charge in [-0.25, -0.2) is 9.97 Å². The van der Waals surface area contributed by atoms with E-state index >= 15 is 0 Å². The number of halogens is 1. The molecule has 0 bridgehead atoms. The second-order valence-corrected chi connectivity index (χ2v) is 5.40. The topological polar surface area (TPSA) is 67.9 Å². The van der Waals surface area contributed by atoms with Gasteiger partial charge in [-0.1, -0.05) is 0 Å². The highest BCUT2D eigenvalue weighted by atomic mass is 79.9. The number of thiophene rings is 1. The van der Waals surface area contributed by atoms with E-state index in [9.17, 15) is 4.79 Å². The quantitative estimate of drug-likeness (QED) is 0.746. The van der Waals surface area contributed by atoms with Crippen molar-refractivity contribution in [3.63, 3.8) is 0 Å². The molecular weight excluding hydrogens is 330 g/mol. The maximum absolute atomic E-state index is 11.8. The number of hydrogen-bond acceptors (Lipinski definition) is 5. The number of nitrogens with zero attached hydrogens (tertiary/aromatic N) is 2. The highest BCUT2D eigenvalue weighted by molar-refractivity contribution is 9.10. The summed E-state index contributed by atoms with van der Waals surface area (Å²) in [5, 5.41) is 1.84. The first kappa shape index (κ1) is 12.3. The van der Waals surface area contributed by atoms with Gasteiger partial charge >= 0.3 is 0 Å². The fourth-order valence-electron chi connectivity index (χ4n) is 1.62. The van der Waals surface area contributed by atoms with Gasteiger partial charge in [0.1, 0.15) is 21.7 Å². The molecule has 0 spiro atoms. The van der Waals surface area contributed by atoms with Crippen LogP contribution in [0.2, 0.25) is 0 Å². The Morgan fingerprint density at radius 2 is 2.32 bits per heavy atom. The Morgan fingerprint density at radius 3 is 3.16 bits per heavy atom. The zero-order valence-electron chi connectivity index (χ0n) is 9.59. The monoisotopic (exact) mass is 337 g/mol. The summed E-state index contributed by atoms with van der Waals surface area (Å²) < 4.78 is 6.81. The molecule has 1 N–H and O–H groups in total. The van der Waals surface area contributed by atoms with Crippen LogP contribution in [-0.4, -0.2) is 15.0 Å². The molecule has 0 aliphatic heterocycles. The van der Waals surface area contributed by atoms with Gasteiger partial charge in [0.05, 0.1) is 5.52 Å². The van der Waals surface area contributed by atoms with Gasteiger partial charge in [0, 0.05) is 6.20 Å². The van der Waals surface area contributed by atoms with Crippen LogP contribution in [0.5, 0.6) is 5.75 Å². The van der Waals surface area contributed by atoms with Crippen molar-refractivity contribution in [2.75, 3.05) is 0 Å². The number of H-pyrrole nitrogens is 1. The molecule has 7 heteroatoms. The molecule has 0 aliphatic carbocycles. The minimum atomic E-state index is -0.135. The van der Waals surface area contributed by atoms with E-state index in [1.54, 1.807) is 18.3 Å². The van der Waals surface area contributed by atoms with Gasteiger partial charge in [0.25, 0.3) is 5.56 Å². The SMILES string of the molecule is O=c1[nH]c(COc2cccnc2Br)nc2ccsc12. The molecule has 0 radical (unpaired) electrons. The lowest BCUT2D eigenvalue weighted by molar-refractivity contribution is 0.292. The second kappa shape index (κ2) is 5.10. The first-order chi connectivity index (χ1) is 9.24. The molecule has 0 saturated heterocycles. The minimum Gasteiger partial charge on any atom is -0.483 e. The fourth-order valence-corrected chi connectivity index (χ4v) is 2.71. The standard InChI is InChI=1S/C12H8BrN3O2S/c13-11-8(2-1-4-14-11)18-6-9-15-7-3-5-19-10(7)12(17)16-9/h1-5H,6H2,(H,15,16,17). The summed E-state index contributed by atoms with van der Waals surface area (Å²) >= 11 is 4.67. The molecule has 0 aliphatic rings. The van der Waals surface area contributed by atoms with E-state index in [1.807, 2.05) is 11.4 Å². The predicted octanol–water partition coefficient (Wildman–Crippen LogP) is 2.72. The van der Waals surface area contributed by atoms with E-state index in [4.69, 9.17) is 4.74 Å². The van der Waals surface area contributed by atoms with Crippen molar-refractivity contribution < 1.29 is 4.74 Å². The van der Waals surface area contributed by atoms with Gasteiger partial charge in [0.2, 0.25) is 0 Å². The number of pyridine rings is 1. The summed E-state index contributed by atoms with van der Waals surface area (Å²) in [4.78, 5) is 22.9.